The van der Waals surface area contributed by atoms with Gasteiger partial charge in [0.25, 0.3) is 0 Å². The van der Waals surface area contributed by atoms with Gasteiger partial charge < -0.3 is 5.11 Å². The number of aliphatic carboxylic acids is 1. The molecule has 1 aliphatic rings. The third-order valence-corrected chi connectivity index (χ3v) is 3.26. The first kappa shape index (κ1) is 13.1. The number of nitrogens with zero attached hydrogens (tertiary/aromatic N) is 1. The summed E-state index contributed by atoms with van der Waals surface area (Å²) in [5.74, 6) is -0.0183. The molecule has 98 valence electrons. The molecule has 0 heterocycles. The highest BCUT2D eigenvalue weighted by Gasteiger charge is 2.25. The summed E-state index contributed by atoms with van der Waals surface area (Å²) in [4.78, 5) is 12.9. The predicted molar refractivity (Wildman–Crippen MR) is 71.6 cm³/mol. The lowest BCUT2D eigenvalue weighted by Gasteiger charge is -2.20. The maximum Gasteiger partial charge on any atom is 0.317 e. The first-order chi connectivity index (χ1) is 8.52. The van der Waals surface area contributed by atoms with E-state index >= 15 is 0 Å². The number of carbonyl (C=O) groups is 1. The Kier molecular flexibility index (Phi) is 4.02. The Morgan fingerprint density at radius 3 is 2.39 bits per heavy atom. The van der Waals surface area contributed by atoms with E-state index in [2.05, 4.69) is 32.0 Å². The van der Waals surface area contributed by atoms with Gasteiger partial charge >= 0.3 is 5.97 Å². The lowest BCUT2D eigenvalue weighted by Crippen LogP contribution is -2.31. The normalized spacial score (nSPS) is 15.1. The molecule has 1 aliphatic carbocycles. The minimum Gasteiger partial charge on any atom is -0.480 e. The maximum atomic E-state index is 10.9. The Hall–Kier alpha value is -1.35. The number of carboxylic acid groups (broad SMARTS) is 1. The second kappa shape index (κ2) is 5.53. The molecule has 0 saturated heterocycles. The highest BCUT2D eigenvalue weighted by Crippen LogP contribution is 2.30. The van der Waals surface area contributed by atoms with Crippen LogP contribution in [0.1, 0.15) is 29.5 Å². The van der Waals surface area contributed by atoms with Crippen molar-refractivity contribution in [1.29, 1.82) is 0 Å². The molecular weight excluding hydrogens is 226 g/mol. The lowest BCUT2D eigenvalue weighted by atomic mass is 10.1. The zero-order chi connectivity index (χ0) is 13.1. The summed E-state index contributed by atoms with van der Waals surface area (Å²) >= 11 is 0. The van der Waals surface area contributed by atoms with Crippen molar-refractivity contribution in [3.8, 4) is 0 Å². The fourth-order valence-corrected chi connectivity index (χ4v) is 2.46. The summed E-state index contributed by atoms with van der Waals surface area (Å²) in [7, 11) is 0. The van der Waals surface area contributed by atoms with E-state index in [0.717, 1.165) is 19.0 Å². The van der Waals surface area contributed by atoms with Gasteiger partial charge in [-0.15, -0.1) is 0 Å². The van der Waals surface area contributed by atoms with E-state index in [-0.39, 0.29) is 6.54 Å². The first-order valence-corrected chi connectivity index (χ1v) is 6.54. The molecule has 0 atom stereocenters. The van der Waals surface area contributed by atoms with Crippen molar-refractivity contribution in [1.82, 2.24) is 4.90 Å². The van der Waals surface area contributed by atoms with Crippen LogP contribution in [0.25, 0.3) is 0 Å². The fourth-order valence-electron chi connectivity index (χ4n) is 2.46. The van der Waals surface area contributed by atoms with E-state index in [1.165, 1.54) is 29.5 Å². The van der Waals surface area contributed by atoms with Crippen LogP contribution in [0.4, 0.5) is 0 Å². The van der Waals surface area contributed by atoms with Crippen molar-refractivity contribution in [3.05, 3.63) is 34.9 Å². The van der Waals surface area contributed by atoms with Gasteiger partial charge in [-0.2, -0.15) is 0 Å². The average Bonchev–Trinajstić information content (AvgIpc) is 2.98. The Morgan fingerprint density at radius 1 is 1.28 bits per heavy atom. The molecule has 0 unspecified atom stereocenters. The van der Waals surface area contributed by atoms with Gasteiger partial charge in [0.05, 0.1) is 6.54 Å². The molecule has 2 rings (SSSR count). The van der Waals surface area contributed by atoms with E-state index in [1.54, 1.807) is 0 Å². The monoisotopic (exact) mass is 247 g/mol. The predicted octanol–water partition coefficient (Wildman–Crippen LogP) is 2.60. The Balaban J connectivity index is 2.03. The van der Waals surface area contributed by atoms with Gasteiger partial charge in [0.1, 0.15) is 0 Å². The molecule has 3 nitrogen and oxygen atoms in total. The van der Waals surface area contributed by atoms with E-state index in [1.807, 2.05) is 4.90 Å². The van der Waals surface area contributed by atoms with E-state index in [0.29, 0.717) is 0 Å². The molecule has 0 spiro atoms. The summed E-state index contributed by atoms with van der Waals surface area (Å²) in [6.45, 7) is 5.96. The van der Waals surface area contributed by atoms with Crippen LogP contribution in [-0.4, -0.2) is 29.1 Å². The van der Waals surface area contributed by atoms with Gasteiger partial charge in [-0.3, -0.25) is 9.69 Å². The summed E-state index contributed by atoms with van der Waals surface area (Å²) in [6.07, 6.45) is 2.51. The van der Waals surface area contributed by atoms with Crippen molar-refractivity contribution in [2.45, 2.75) is 33.2 Å². The second-order valence-corrected chi connectivity index (χ2v) is 5.50. The zero-order valence-corrected chi connectivity index (χ0v) is 11.1. The molecule has 0 radical (unpaired) electrons. The highest BCUT2D eigenvalue weighted by molar-refractivity contribution is 5.69. The Labute approximate surface area is 108 Å². The molecule has 0 bridgehead atoms. The molecular formula is C15H21NO2. The van der Waals surface area contributed by atoms with Gasteiger partial charge in [0, 0.05) is 13.1 Å². The molecule has 1 aromatic carbocycles. The molecule has 18 heavy (non-hydrogen) atoms. The summed E-state index contributed by atoms with van der Waals surface area (Å²) in [6, 6.07) is 6.44. The van der Waals surface area contributed by atoms with Crippen LogP contribution in [0.2, 0.25) is 0 Å². The van der Waals surface area contributed by atoms with Crippen LogP contribution >= 0.6 is 0 Å². The minimum absolute atomic E-state index is 0.142. The molecule has 1 fully saturated rings. The smallest absolute Gasteiger partial charge is 0.317 e. The first-order valence-electron chi connectivity index (χ1n) is 6.54. The van der Waals surface area contributed by atoms with Crippen LogP contribution < -0.4 is 0 Å². The summed E-state index contributed by atoms with van der Waals surface area (Å²) < 4.78 is 0. The third kappa shape index (κ3) is 4.15. The number of carboxylic acids is 1. The van der Waals surface area contributed by atoms with Gasteiger partial charge in [-0.1, -0.05) is 29.3 Å². The second-order valence-electron chi connectivity index (χ2n) is 5.50. The van der Waals surface area contributed by atoms with E-state index < -0.39 is 5.97 Å². The maximum absolute atomic E-state index is 10.9. The molecule has 3 heteroatoms. The minimum atomic E-state index is -0.736. The van der Waals surface area contributed by atoms with Gasteiger partial charge in [0.15, 0.2) is 0 Å². The Bertz CT molecular complexity index is 418. The number of hydrogen-bond donors (Lipinski definition) is 1. The number of rotatable bonds is 6. The third-order valence-electron chi connectivity index (χ3n) is 3.26. The van der Waals surface area contributed by atoms with Gasteiger partial charge in [0.2, 0.25) is 0 Å². The van der Waals surface area contributed by atoms with Crippen molar-refractivity contribution >= 4 is 5.97 Å². The highest BCUT2D eigenvalue weighted by atomic mass is 16.4. The standard InChI is InChI=1S/C15H21NO2/c1-11-5-12(2)7-14(6-11)9-16(10-15(17)18)8-13-3-4-13/h5-7,13H,3-4,8-10H2,1-2H3,(H,17,18). The van der Waals surface area contributed by atoms with Crippen LogP contribution in [0.15, 0.2) is 18.2 Å². The quantitative estimate of drug-likeness (QED) is 0.840. The molecule has 1 N–H and O–H groups in total. The SMILES string of the molecule is Cc1cc(C)cc(CN(CC(=O)O)CC2CC2)c1. The van der Waals surface area contributed by atoms with Crippen molar-refractivity contribution in [3.63, 3.8) is 0 Å². The topological polar surface area (TPSA) is 40.5 Å². The molecule has 0 aliphatic heterocycles. The summed E-state index contributed by atoms with van der Waals surface area (Å²) in [5, 5.41) is 8.96. The van der Waals surface area contributed by atoms with Crippen molar-refractivity contribution in [2.24, 2.45) is 5.92 Å². The summed E-state index contributed by atoms with van der Waals surface area (Å²) in [5.41, 5.74) is 3.70. The number of benzene rings is 1. The molecule has 1 aromatic rings. The van der Waals surface area contributed by atoms with Crippen LogP contribution in [0, 0.1) is 19.8 Å². The van der Waals surface area contributed by atoms with Crippen LogP contribution in [-0.2, 0) is 11.3 Å². The van der Waals surface area contributed by atoms with Crippen molar-refractivity contribution in [2.75, 3.05) is 13.1 Å². The van der Waals surface area contributed by atoms with Crippen molar-refractivity contribution < 1.29 is 9.90 Å². The fraction of sp³-hybridized carbons (Fsp3) is 0.533. The average molecular weight is 247 g/mol. The van der Waals surface area contributed by atoms with Gasteiger partial charge in [-0.25, -0.2) is 0 Å². The van der Waals surface area contributed by atoms with Gasteiger partial charge in [-0.05, 0) is 38.2 Å². The number of hydrogen-bond acceptors (Lipinski definition) is 2. The van der Waals surface area contributed by atoms with E-state index in [4.69, 9.17) is 5.11 Å². The van der Waals surface area contributed by atoms with Crippen LogP contribution in [0.3, 0.4) is 0 Å². The zero-order valence-electron chi connectivity index (χ0n) is 11.1. The van der Waals surface area contributed by atoms with E-state index in [9.17, 15) is 4.79 Å². The Morgan fingerprint density at radius 2 is 1.89 bits per heavy atom. The van der Waals surface area contributed by atoms with Crippen LogP contribution in [0.5, 0.6) is 0 Å². The molecule has 1 saturated carbocycles. The molecule has 0 amide bonds. The largest absolute Gasteiger partial charge is 0.480 e. The number of aryl methyl sites for hydroxylation is 2. The lowest BCUT2D eigenvalue weighted by molar-refractivity contribution is -0.138. The molecule has 0 aromatic heterocycles.